The lowest BCUT2D eigenvalue weighted by Gasteiger charge is -2.41. The van der Waals surface area contributed by atoms with E-state index in [0.717, 1.165) is 19.4 Å². The Balaban J connectivity index is 0.00000225. The quantitative estimate of drug-likeness (QED) is 0.780. The number of rotatable bonds is 2. The van der Waals surface area contributed by atoms with E-state index in [-0.39, 0.29) is 35.8 Å². The van der Waals surface area contributed by atoms with Crippen LogP contribution in [0.15, 0.2) is 29.1 Å². The first-order chi connectivity index (χ1) is 13.0. The number of aromatic nitrogens is 1. The minimum absolute atomic E-state index is 0. The number of piperazine rings is 1. The number of nitrogens with one attached hydrogen (secondary N) is 2. The van der Waals surface area contributed by atoms with Gasteiger partial charge in [0, 0.05) is 43.7 Å². The summed E-state index contributed by atoms with van der Waals surface area (Å²) in [5.41, 5.74) is 0.125. The Morgan fingerprint density at radius 1 is 1.18 bits per heavy atom. The Hall–Kier alpha value is -2.45. The molecule has 2 aliphatic heterocycles. The molecular formula is C19H22ClFN4O3. The summed E-state index contributed by atoms with van der Waals surface area (Å²) < 4.78 is 13.5. The molecule has 1 unspecified atom stereocenters. The number of likely N-dealkylation sites (tertiary alicyclic amines) is 1. The molecule has 0 spiro atoms. The fourth-order valence-electron chi connectivity index (χ4n) is 3.98. The number of halogens is 2. The van der Waals surface area contributed by atoms with E-state index in [2.05, 4.69) is 10.3 Å². The van der Waals surface area contributed by atoms with Gasteiger partial charge in [-0.1, -0.05) is 0 Å². The van der Waals surface area contributed by atoms with Crippen molar-refractivity contribution in [3.05, 3.63) is 46.0 Å². The first-order valence-corrected chi connectivity index (χ1v) is 9.15. The average molecular weight is 409 g/mol. The smallest absolute Gasteiger partial charge is 0.254 e. The summed E-state index contributed by atoms with van der Waals surface area (Å²) >= 11 is 0. The number of aromatic amines is 1. The predicted octanol–water partition coefficient (Wildman–Crippen LogP) is 1.13. The molecule has 0 bridgehead atoms. The summed E-state index contributed by atoms with van der Waals surface area (Å²) in [6.07, 6.45) is 1.65. The van der Waals surface area contributed by atoms with E-state index in [0.29, 0.717) is 37.1 Å². The maximum atomic E-state index is 13.5. The fourth-order valence-corrected chi connectivity index (χ4v) is 3.98. The average Bonchev–Trinajstić information content (AvgIpc) is 2.67. The predicted molar refractivity (Wildman–Crippen MR) is 105 cm³/mol. The molecule has 150 valence electrons. The number of carbonyl (C=O) groups excluding carboxylic acids is 2. The number of hydrogen-bond acceptors (Lipinski definition) is 4. The topological polar surface area (TPSA) is 85.5 Å². The number of hydrogen-bond donors (Lipinski definition) is 2. The summed E-state index contributed by atoms with van der Waals surface area (Å²) in [6, 6.07) is 5.25. The monoisotopic (exact) mass is 408 g/mol. The number of fused-ring (bicyclic) bond motifs is 1. The Morgan fingerprint density at radius 3 is 2.79 bits per heavy atom. The zero-order valence-electron chi connectivity index (χ0n) is 15.2. The molecule has 1 atom stereocenters. The summed E-state index contributed by atoms with van der Waals surface area (Å²) in [4.78, 5) is 43.4. The van der Waals surface area contributed by atoms with E-state index >= 15 is 0 Å². The van der Waals surface area contributed by atoms with Gasteiger partial charge in [0.15, 0.2) is 0 Å². The van der Waals surface area contributed by atoms with Crippen LogP contribution >= 0.6 is 12.4 Å². The van der Waals surface area contributed by atoms with Crippen molar-refractivity contribution in [2.24, 2.45) is 0 Å². The minimum Gasteiger partial charge on any atom is -0.337 e. The van der Waals surface area contributed by atoms with Gasteiger partial charge in [-0.15, -0.1) is 12.4 Å². The van der Waals surface area contributed by atoms with E-state index in [1.807, 2.05) is 4.90 Å². The highest BCUT2D eigenvalue weighted by molar-refractivity contribution is 6.06. The second-order valence-electron chi connectivity index (χ2n) is 7.05. The standard InChI is InChI=1S/C19H21FN4O3.ClH/c20-12-3-4-14-15(9-17(25)22-16(14)8-12)19(27)23-6-1-2-13(11-23)24-7-5-21-10-18(24)26;/h3-4,8-9,13,21H,1-2,5-7,10-11H2,(H,22,25);1H. The van der Waals surface area contributed by atoms with Crippen LogP contribution in [0.5, 0.6) is 0 Å². The van der Waals surface area contributed by atoms with Gasteiger partial charge in [-0.2, -0.15) is 0 Å². The van der Waals surface area contributed by atoms with Crippen LogP contribution < -0.4 is 10.9 Å². The number of carbonyl (C=O) groups is 2. The number of nitrogens with zero attached hydrogens (tertiary/aromatic N) is 2. The number of H-pyrrole nitrogens is 1. The largest absolute Gasteiger partial charge is 0.337 e. The first-order valence-electron chi connectivity index (χ1n) is 9.15. The maximum absolute atomic E-state index is 13.5. The van der Waals surface area contributed by atoms with Gasteiger partial charge in [-0.05, 0) is 31.0 Å². The van der Waals surface area contributed by atoms with Crippen LogP contribution in [-0.2, 0) is 4.79 Å². The molecule has 28 heavy (non-hydrogen) atoms. The van der Waals surface area contributed by atoms with Crippen molar-refractivity contribution in [2.75, 3.05) is 32.7 Å². The Kier molecular flexibility index (Phi) is 6.00. The molecular weight excluding hydrogens is 387 g/mol. The third-order valence-corrected chi connectivity index (χ3v) is 5.29. The number of amides is 2. The van der Waals surface area contributed by atoms with E-state index < -0.39 is 11.4 Å². The number of pyridine rings is 1. The summed E-state index contributed by atoms with van der Waals surface area (Å²) in [5, 5.41) is 3.57. The van der Waals surface area contributed by atoms with Crippen molar-refractivity contribution in [3.8, 4) is 0 Å². The third kappa shape index (κ3) is 3.88. The van der Waals surface area contributed by atoms with E-state index in [4.69, 9.17) is 0 Å². The molecule has 2 aliphatic rings. The Bertz CT molecular complexity index is 964. The molecule has 0 aliphatic carbocycles. The van der Waals surface area contributed by atoms with Gasteiger partial charge in [0.2, 0.25) is 11.5 Å². The molecule has 2 amide bonds. The third-order valence-electron chi connectivity index (χ3n) is 5.29. The van der Waals surface area contributed by atoms with Crippen molar-refractivity contribution in [2.45, 2.75) is 18.9 Å². The molecule has 3 heterocycles. The molecule has 1 aromatic heterocycles. The van der Waals surface area contributed by atoms with E-state index in [1.165, 1.54) is 24.3 Å². The second-order valence-corrected chi connectivity index (χ2v) is 7.05. The highest BCUT2D eigenvalue weighted by Crippen LogP contribution is 2.22. The van der Waals surface area contributed by atoms with Crippen molar-refractivity contribution in [3.63, 3.8) is 0 Å². The Morgan fingerprint density at radius 2 is 2.00 bits per heavy atom. The van der Waals surface area contributed by atoms with Crippen LogP contribution in [0.2, 0.25) is 0 Å². The molecule has 0 radical (unpaired) electrons. The lowest BCUT2D eigenvalue weighted by Crippen LogP contribution is -2.57. The zero-order chi connectivity index (χ0) is 19.0. The summed E-state index contributed by atoms with van der Waals surface area (Å²) in [5.74, 6) is -0.680. The van der Waals surface area contributed by atoms with Gasteiger partial charge in [0.25, 0.3) is 5.91 Å². The Labute approximate surface area is 167 Å². The molecule has 7 nitrogen and oxygen atoms in total. The van der Waals surface area contributed by atoms with Crippen LogP contribution in [0.4, 0.5) is 4.39 Å². The van der Waals surface area contributed by atoms with E-state index in [9.17, 15) is 18.8 Å². The highest BCUT2D eigenvalue weighted by atomic mass is 35.5. The summed E-state index contributed by atoms with van der Waals surface area (Å²) in [7, 11) is 0. The lowest BCUT2D eigenvalue weighted by molar-refractivity contribution is -0.135. The molecule has 2 aromatic rings. The van der Waals surface area contributed by atoms with Crippen LogP contribution in [0.1, 0.15) is 23.2 Å². The second kappa shape index (κ2) is 8.28. The zero-order valence-corrected chi connectivity index (χ0v) is 16.1. The van der Waals surface area contributed by atoms with Crippen molar-refractivity contribution in [1.82, 2.24) is 20.1 Å². The van der Waals surface area contributed by atoms with Crippen molar-refractivity contribution >= 4 is 35.1 Å². The molecule has 4 rings (SSSR count). The number of benzene rings is 1. The van der Waals surface area contributed by atoms with Gasteiger partial charge in [0.1, 0.15) is 5.82 Å². The van der Waals surface area contributed by atoms with Crippen LogP contribution in [0.3, 0.4) is 0 Å². The highest BCUT2D eigenvalue weighted by Gasteiger charge is 2.32. The van der Waals surface area contributed by atoms with Gasteiger partial charge in [-0.3, -0.25) is 14.4 Å². The summed E-state index contributed by atoms with van der Waals surface area (Å²) in [6.45, 7) is 2.74. The molecule has 0 saturated carbocycles. The van der Waals surface area contributed by atoms with Crippen LogP contribution in [-0.4, -0.2) is 65.4 Å². The van der Waals surface area contributed by atoms with Crippen LogP contribution in [0.25, 0.3) is 10.9 Å². The molecule has 9 heteroatoms. The van der Waals surface area contributed by atoms with Crippen molar-refractivity contribution < 1.29 is 14.0 Å². The maximum Gasteiger partial charge on any atom is 0.254 e. The normalized spacial score (nSPS) is 20.2. The minimum atomic E-state index is -0.474. The van der Waals surface area contributed by atoms with Gasteiger partial charge >= 0.3 is 0 Å². The molecule has 2 N–H and O–H groups in total. The van der Waals surface area contributed by atoms with Gasteiger partial charge in [0.05, 0.1) is 17.6 Å². The SMILES string of the molecule is Cl.O=C(c1cc(=O)[nH]c2cc(F)ccc12)N1CCCC(N2CCNCC2=O)C1. The molecule has 1 aromatic carbocycles. The first kappa shape index (κ1) is 20.3. The van der Waals surface area contributed by atoms with Crippen LogP contribution in [0, 0.1) is 5.82 Å². The fraction of sp³-hybridized carbons (Fsp3) is 0.421. The lowest BCUT2D eigenvalue weighted by atomic mass is 10.0. The van der Waals surface area contributed by atoms with Gasteiger partial charge < -0.3 is 20.1 Å². The molecule has 2 saturated heterocycles. The van der Waals surface area contributed by atoms with E-state index in [1.54, 1.807) is 4.90 Å². The van der Waals surface area contributed by atoms with Gasteiger partial charge in [-0.25, -0.2) is 4.39 Å². The van der Waals surface area contributed by atoms with Crippen molar-refractivity contribution in [1.29, 1.82) is 0 Å². The number of piperidine rings is 1. The molecule has 2 fully saturated rings.